The van der Waals surface area contributed by atoms with Crippen LogP contribution in [0.1, 0.15) is 16.7 Å². The van der Waals surface area contributed by atoms with Gasteiger partial charge in [-0.3, -0.25) is 14.5 Å². The third kappa shape index (κ3) is 3.37. The maximum absolute atomic E-state index is 12.1. The van der Waals surface area contributed by atoms with Crippen molar-refractivity contribution in [3.05, 3.63) is 51.7 Å². The molecule has 0 aliphatic heterocycles. The van der Waals surface area contributed by atoms with Gasteiger partial charge in [0.15, 0.2) is 5.82 Å². The number of amides is 1. The lowest BCUT2D eigenvalue weighted by Crippen LogP contribution is -2.29. The Balaban J connectivity index is 1.76. The zero-order valence-corrected chi connectivity index (χ0v) is 14.6. The number of benzene rings is 1. The fraction of sp³-hybridized carbons (Fsp3) is 0.294. The van der Waals surface area contributed by atoms with Crippen molar-refractivity contribution in [1.29, 1.82) is 0 Å². The zero-order valence-electron chi connectivity index (χ0n) is 14.6. The van der Waals surface area contributed by atoms with Crippen LogP contribution in [-0.2, 0) is 18.4 Å². The fourth-order valence-corrected chi connectivity index (χ4v) is 2.62. The number of nitrogens with one attached hydrogen (secondary N) is 2. The normalized spacial score (nSPS) is 10.9. The Morgan fingerprint density at radius 3 is 2.56 bits per heavy atom. The molecule has 0 unspecified atom stereocenters. The van der Waals surface area contributed by atoms with Crippen molar-refractivity contribution in [3.63, 3.8) is 0 Å². The van der Waals surface area contributed by atoms with Gasteiger partial charge < -0.3 is 5.32 Å². The molecule has 25 heavy (non-hydrogen) atoms. The van der Waals surface area contributed by atoms with Gasteiger partial charge in [-0.15, -0.1) is 0 Å². The van der Waals surface area contributed by atoms with E-state index in [9.17, 15) is 9.59 Å². The van der Waals surface area contributed by atoms with Gasteiger partial charge in [-0.1, -0.05) is 6.07 Å². The molecule has 0 bridgehead atoms. The highest BCUT2D eigenvalue weighted by Crippen LogP contribution is 2.26. The zero-order chi connectivity index (χ0) is 18.1. The Morgan fingerprint density at radius 2 is 1.88 bits per heavy atom. The van der Waals surface area contributed by atoms with Crippen molar-refractivity contribution in [3.8, 4) is 11.3 Å². The van der Waals surface area contributed by atoms with Crippen LogP contribution in [0.2, 0.25) is 0 Å². The van der Waals surface area contributed by atoms with E-state index in [0.29, 0.717) is 5.82 Å². The van der Waals surface area contributed by atoms with Crippen molar-refractivity contribution in [2.45, 2.75) is 27.3 Å². The lowest BCUT2D eigenvalue weighted by atomic mass is 9.99. The second kappa shape index (κ2) is 6.39. The van der Waals surface area contributed by atoms with Crippen LogP contribution >= 0.6 is 0 Å². The molecule has 0 aliphatic rings. The van der Waals surface area contributed by atoms with E-state index in [0.717, 1.165) is 21.5 Å². The summed E-state index contributed by atoms with van der Waals surface area (Å²) in [4.78, 5) is 23.8. The molecule has 8 nitrogen and oxygen atoms in total. The van der Waals surface area contributed by atoms with Crippen molar-refractivity contribution < 1.29 is 4.79 Å². The topological polar surface area (TPSA) is 97.6 Å². The van der Waals surface area contributed by atoms with Crippen LogP contribution in [0.5, 0.6) is 0 Å². The molecule has 2 aromatic heterocycles. The van der Waals surface area contributed by atoms with E-state index in [2.05, 4.69) is 46.6 Å². The predicted octanol–water partition coefficient (Wildman–Crippen LogP) is 1.54. The molecule has 2 N–H and O–H groups in total. The molecular weight excluding hydrogens is 320 g/mol. The number of aromatic amines is 1. The number of nitrogens with zero attached hydrogens (tertiary/aromatic N) is 4. The highest BCUT2D eigenvalue weighted by atomic mass is 16.2. The summed E-state index contributed by atoms with van der Waals surface area (Å²) >= 11 is 0. The molecule has 3 rings (SSSR count). The molecule has 0 fully saturated rings. The molecule has 0 radical (unpaired) electrons. The summed E-state index contributed by atoms with van der Waals surface area (Å²) in [5, 5.41) is 13.6. The highest BCUT2D eigenvalue weighted by Gasteiger charge is 2.12. The van der Waals surface area contributed by atoms with E-state index in [4.69, 9.17) is 0 Å². The van der Waals surface area contributed by atoms with Crippen molar-refractivity contribution in [2.24, 2.45) is 7.05 Å². The molecule has 0 atom stereocenters. The van der Waals surface area contributed by atoms with E-state index in [1.54, 1.807) is 13.1 Å². The number of rotatable bonds is 4. The minimum Gasteiger partial charge on any atom is -0.308 e. The Bertz CT molecular complexity index is 995. The summed E-state index contributed by atoms with van der Waals surface area (Å²) in [6, 6.07) is 5.99. The number of aromatic nitrogens is 5. The van der Waals surface area contributed by atoms with Crippen LogP contribution in [-0.4, -0.2) is 30.5 Å². The number of anilines is 1. The first-order valence-corrected chi connectivity index (χ1v) is 7.87. The van der Waals surface area contributed by atoms with Crippen LogP contribution in [0, 0.1) is 20.8 Å². The minimum absolute atomic E-state index is 0.162. The van der Waals surface area contributed by atoms with Crippen LogP contribution in [0.15, 0.2) is 29.3 Å². The minimum atomic E-state index is -0.365. The number of aryl methyl sites for hydroxylation is 4. The maximum atomic E-state index is 12.1. The molecule has 3 aromatic rings. The number of hydrogen-bond donors (Lipinski definition) is 2. The molecular formula is C17H20N6O2. The summed E-state index contributed by atoms with van der Waals surface area (Å²) in [5.74, 6) is 0.0391. The van der Waals surface area contributed by atoms with E-state index >= 15 is 0 Å². The summed E-state index contributed by atoms with van der Waals surface area (Å²) in [5.41, 5.74) is 5.07. The average Bonchev–Trinajstić information content (AvgIpc) is 3.13. The molecule has 0 aliphatic carbocycles. The lowest BCUT2D eigenvalue weighted by Gasteiger charge is -2.07. The molecule has 0 saturated heterocycles. The van der Waals surface area contributed by atoms with Crippen LogP contribution in [0.4, 0.5) is 5.82 Å². The Morgan fingerprint density at radius 1 is 1.16 bits per heavy atom. The van der Waals surface area contributed by atoms with E-state index in [1.807, 2.05) is 6.92 Å². The quantitative estimate of drug-likeness (QED) is 0.753. The maximum Gasteiger partial charge on any atom is 0.345 e. The first-order chi connectivity index (χ1) is 11.8. The molecule has 1 amide bonds. The Hall–Kier alpha value is -3.16. The largest absolute Gasteiger partial charge is 0.345 e. The van der Waals surface area contributed by atoms with Gasteiger partial charge in [-0.2, -0.15) is 10.2 Å². The van der Waals surface area contributed by atoms with Crippen LogP contribution in [0.3, 0.4) is 0 Å². The van der Waals surface area contributed by atoms with Gasteiger partial charge >= 0.3 is 5.69 Å². The molecule has 0 saturated carbocycles. The summed E-state index contributed by atoms with van der Waals surface area (Å²) in [6.07, 6.45) is 1.37. The fourth-order valence-electron chi connectivity index (χ4n) is 2.62. The lowest BCUT2D eigenvalue weighted by molar-refractivity contribution is -0.117. The molecule has 130 valence electrons. The van der Waals surface area contributed by atoms with Gasteiger partial charge in [0.1, 0.15) is 12.9 Å². The molecule has 2 heterocycles. The van der Waals surface area contributed by atoms with Gasteiger partial charge in [0, 0.05) is 18.7 Å². The third-order valence-electron chi connectivity index (χ3n) is 4.16. The summed E-state index contributed by atoms with van der Waals surface area (Å²) in [6.45, 7) is 6.01. The van der Waals surface area contributed by atoms with Gasteiger partial charge in [0.2, 0.25) is 5.91 Å². The summed E-state index contributed by atoms with van der Waals surface area (Å²) in [7, 11) is 1.58. The molecule has 8 heteroatoms. The Kier molecular flexibility index (Phi) is 4.26. The number of hydrogen-bond acceptors (Lipinski definition) is 4. The van der Waals surface area contributed by atoms with Crippen LogP contribution < -0.4 is 11.0 Å². The number of H-pyrrole nitrogens is 1. The molecule has 0 spiro atoms. The van der Waals surface area contributed by atoms with Gasteiger partial charge in [0.25, 0.3) is 0 Å². The SMILES string of the molecule is Cc1cc(C)c(-c2cc(NC(=O)Cn3ncn(C)c3=O)n[nH]2)cc1C. The standard InChI is InChI=1S/C17H20N6O2/c1-10-5-12(3)13(6-11(10)2)14-7-15(21-20-14)19-16(24)8-23-17(25)22(4)9-18-23/h5-7,9H,8H2,1-4H3,(H2,19,20,21,24). The average molecular weight is 340 g/mol. The van der Waals surface area contributed by atoms with Crippen LogP contribution in [0.25, 0.3) is 11.3 Å². The number of carbonyl (C=O) groups excluding carboxylic acids is 1. The predicted molar refractivity (Wildman–Crippen MR) is 94.3 cm³/mol. The van der Waals surface area contributed by atoms with Crippen molar-refractivity contribution >= 4 is 11.7 Å². The smallest absolute Gasteiger partial charge is 0.308 e. The van der Waals surface area contributed by atoms with Crippen molar-refractivity contribution in [1.82, 2.24) is 24.5 Å². The molecule has 1 aromatic carbocycles. The van der Waals surface area contributed by atoms with Gasteiger partial charge in [0.05, 0.1) is 5.69 Å². The first-order valence-electron chi connectivity index (χ1n) is 7.87. The summed E-state index contributed by atoms with van der Waals surface area (Å²) < 4.78 is 2.40. The second-order valence-electron chi connectivity index (χ2n) is 6.15. The highest BCUT2D eigenvalue weighted by molar-refractivity contribution is 5.90. The van der Waals surface area contributed by atoms with Gasteiger partial charge in [-0.05, 0) is 43.5 Å². The third-order valence-corrected chi connectivity index (χ3v) is 4.16. The first kappa shape index (κ1) is 16.7. The van der Waals surface area contributed by atoms with Gasteiger partial charge in [-0.25, -0.2) is 9.48 Å². The Labute approximate surface area is 144 Å². The second-order valence-corrected chi connectivity index (χ2v) is 6.15. The van der Waals surface area contributed by atoms with Crippen molar-refractivity contribution in [2.75, 3.05) is 5.32 Å². The van der Waals surface area contributed by atoms with E-state index in [-0.39, 0.29) is 18.1 Å². The van der Waals surface area contributed by atoms with E-state index in [1.165, 1.54) is 22.0 Å². The number of carbonyl (C=O) groups is 1. The van der Waals surface area contributed by atoms with E-state index < -0.39 is 0 Å². The monoisotopic (exact) mass is 340 g/mol.